The topological polar surface area (TPSA) is 98.7 Å². The first kappa shape index (κ1) is 17.8. The Morgan fingerprint density at radius 3 is 2.79 bits per heavy atom. The van der Waals surface area contributed by atoms with Crippen molar-refractivity contribution < 1.29 is 9.21 Å². The summed E-state index contributed by atoms with van der Waals surface area (Å²) in [5.74, 6) is 0.968. The van der Waals surface area contributed by atoms with Gasteiger partial charge in [0.15, 0.2) is 5.65 Å². The fraction of sp³-hybridized carbons (Fsp3) is 0.250. The third kappa shape index (κ3) is 3.75. The van der Waals surface area contributed by atoms with Crippen LogP contribution in [0, 0.1) is 5.92 Å². The van der Waals surface area contributed by atoms with E-state index < -0.39 is 0 Å². The molecular weight excluding hydrogens is 356 g/mol. The summed E-state index contributed by atoms with van der Waals surface area (Å²) in [6, 6.07) is 11.2. The van der Waals surface area contributed by atoms with Crippen LogP contribution in [0.4, 0.5) is 0 Å². The molecule has 0 aliphatic heterocycles. The van der Waals surface area contributed by atoms with Gasteiger partial charge in [-0.05, 0) is 24.1 Å². The molecule has 0 spiro atoms. The van der Waals surface area contributed by atoms with Crippen molar-refractivity contribution in [2.24, 2.45) is 5.92 Å². The minimum Gasteiger partial charge on any atom is -0.419 e. The van der Waals surface area contributed by atoms with Crippen molar-refractivity contribution in [3.63, 3.8) is 0 Å². The molecule has 142 valence electrons. The molecule has 28 heavy (non-hydrogen) atoms. The molecule has 0 unspecified atom stereocenters. The van der Waals surface area contributed by atoms with Crippen molar-refractivity contribution in [1.82, 2.24) is 30.0 Å². The van der Waals surface area contributed by atoms with Gasteiger partial charge in [-0.15, -0.1) is 10.2 Å². The standard InChI is InChI=1S/C20H20N6O2/c1-13(2)11-26-12-23-16-8-15(9-21-18(16)26)19(27)22-10-17-24-25-20(28-17)14-6-4-3-5-7-14/h3-9,12-13H,10-11H2,1-2H3,(H,22,27). The summed E-state index contributed by atoms with van der Waals surface area (Å²) in [5, 5.41) is 10.8. The molecule has 4 rings (SSSR count). The predicted molar refractivity (Wildman–Crippen MR) is 103 cm³/mol. The third-order valence-electron chi connectivity index (χ3n) is 4.17. The number of benzene rings is 1. The molecular formula is C20H20N6O2. The highest BCUT2D eigenvalue weighted by molar-refractivity contribution is 5.96. The van der Waals surface area contributed by atoms with Gasteiger partial charge in [-0.3, -0.25) is 4.79 Å². The van der Waals surface area contributed by atoms with Crippen LogP contribution in [0.5, 0.6) is 0 Å². The minimum atomic E-state index is -0.271. The molecule has 0 radical (unpaired) electrons. The van der Waals surface area contributed by atoms with Gasteiger partial charge in [-0.1, -0.05) is 32.0 Å². The van der Waals surface area contributed by atoms with Gasteiger partial charge >= 0.3 is 0 Å². The van der Waals surface area contributed by atoms with Crippen LogP contribution in [0.1, 0.15) is 30.1 Å². The lowest BCUT2D eigenvalue weighted by Crippen LogP contribution is -2.23. The fourth-order valence-corrected chi connectivity index (χ4v) is 2.88. The number of nitrogens with one attached hydrogen (secondary N) is 1. The molecule has 3 heterocycles. The quantitative estimate of drug-likeness (QED) is 0.555. The van der Waals surface area contributed by atoms with Gasteiger partial charge in [0.2, 0.25) is 11.8 Å². The molecule has 0 aliphatic rings. The maximum atomic E-state index is 12.4. The number of hydrogen-bond acceptors (Lipinski definition) is 6. The van der Waals surface area contributed by atoms with E-state index in [1.54, 1.807) is 18.6 Å². The number of hydrogen-bond donors (Lipinski definition) is 1. The van der Waals surface area contributed by atoms with Crippen LogP contribution < -0.4 is 5.32 Å². The zero-order valence-electron chi connectivity index (χ0n) is 15.7. The molecule has 1 N–H and O–H groups in total. The van der Waals surface area contributed by atoms with E-state index >= 15 is 0 Å². The smallest absolute Gasteiger partial charge is 0.253 e. The van der Waals surface area contributed by atoms with Gasteiger partial charge in [0.05, 0.1) is 18.4 Å². The number of imidazole rings is 1. The Kier molecular flexibility index (Phi) is 4.84. The first-order valence-electron chi connectivity index (χ1n) is 9.07. The van der Waals surface area contributed by atoms with Gasteiger partial charge < -0.3 is 14.3 Å². The molecule has 1 amide bonds. The summed E-state index contributed by atoms with van der Waals surface area (Å²) in [6.07, 6.45) is 3.31. The van der Waals surface area contributed by atoms with Crippen molar-refractivity contribution in [2.75, 3.05) is 0 Å². The Morgan fingerprint density at radius 1 is 1.18 bits per heavy atom. The van der Waals surface area contributed by atoms with Crippen molar-refractivity contribution in [3.05, 3.63) is 60.4 Å². The monoisotopic (exact) mass is 376 g/mol. The van der Waals surface area contributed by atoms with Crippen molar-refractivity contribution >= 4 is 17.1 Å². The number of pyridine rings is 1. The second-order valence-electron chi connectivity index (χ2n) is 6.91. The zero-order chi connectivity index (χ0) is 19.5. The van der Waals surface area contributed by atoms with E-state index in [0.29, 0.717) is 28.8 Å². The molecule has 0 aliphatic carbocycles. The van der Waals surface area contributed by atoms with Gasteiger partial charge in [0.1, 0.15) is 5.52 Å². The minimum absolute atomic E-state index is 0.137. The SMILES string of the molecule is CC(C)Cn1cnc2cc(C(=O)NCc3nnc(-c4ccccc4)o3)cnc21. The number of aromatic nitrogens is 5. The summed E-state index contributed by atoms with van der Waals surface area (Å²) >= 11 is 0. The number of carbonyl (C=O) groups excluding carboxylic acids is 1. The zero-order valence-corrected chi connectivity index (χ0v) is 15.7. The summed E-state index contributed by atoms with van der Waals surface area (Å²) in [6.45, 7) is 5.23. The molecule has 1 aromatic carbocycles. The van der Waals surface area contributed by atoms with E-state index in [-0.39, 0.29) is 12.5 Å². The normalized spacial score (nSPS) is 11.2. The second-order valence-corrected chi connectivity index (χ2v) is 6.91. The predicted octanol–water partition coefficient (Wildman–Crippen LogP) is 3.07. The maximum absolute atomic E-state index is 12.4. The van der Waals surface area contributed by atoms with E-state index in [9.17, 15) is 4.79 Å². The average molecular weight is 376 g/mol. The van der Waals surface area contributed by atoms with Crippen LogP contribution in [-0.4, -0.2) is 30.6 Å². The Labute approximate surface area is 161 Å². The second kappa shape index (κ2) is 7.59. The summed E-state index contributed by atoms with van der Waals surface area (Å²) < 4.78 is 7.59. The highest BCUT2D eigenvalue weighted by Gasteiger charge is 2.13. The van der Waals surface area contributed by atoms with E-state index in [1.807, 2.05) is 34.9 Å². The molecule has 0 bridgehead atoms. The molecule has 0 saturated carbocycles. The molecule has 8 heteroatoms. The van der Waals surface area contributed by atoms with Gasteiger partial charge in [0, 0.05) is 18.3 Å². The Morgan fingerprint density at radius 2 is 2.00 bits per heavy atom. The van der Waals surface area contributed by atoms with E-state index in [4.69, 9.17) is 4.42 Å². The fourth-order valence-electron chi connectivity index (χ4n) is 2.88. The van der Waals surface area contributed by atoms with Crippen LogP contribution in [-0.2, 0) is 13.1 Å². The van der Waals surface area contributed by atoms with Crippen LogP contribution >= 0.6 is 0 Å². The number of carbonyl (C=O) groups is 1. The Bertz CT molecular complexity index is 1100. The first-order chi connectivity index (χ1) is 13.6. The van der Waals surface area contributed by atoms with E-state index in [2.05, 4.69) is 39.3 Å². The summed E-state index contributed by atoms with van der Waals surface area (Å²) in [5.41, 5.74) is 2.73. The van der Waals surface area contributed by atoms with Gasteiger partial charge in [0.25, 0.3) is 5.91 Å². The highest BCUT2D eigenvalue weighted by Crippen LogP contribution is 2.17. The van der Waals surface area contributed by atoms with Gasteiger partial charge in [-0.2, -0.15) is 0 Å². The Hall–Kier alpha value is -3.55. The molecule has 0 saturated heterocycles. The van der Waals surface area contributed by atoms with Crippen molar-refractivity contribution in [1.29, 1.82) is 0 Å². The number of nitrogens with zero attached hydrogens (tertiary/aromatic N) is 5. The van der Waals surface area contributed by atoms with Crippen LogP contribution in [0.2, 0.25) is 0 Å². The van der Waals surface area contributed by atoms with Crippen LogP contribution in [0.25, 0.3) is 22.6 Å². The van der Waals surface area contributed by atoms with Crippen molar-refractivity contribution in [3.8, 4) is 11.5 Å². The van der Waals surface area contributed by atoms with Gasteiger partial charge in [-0.25, -0.2) is 9.97 Å². The maximum Gasteiger partial charge on any atom is 0.253 e. The molecule has 0 atom stereocenters. The van der Waals surface area contributed by atoms with Crippen molar-refractivity contribution in [2.45, 2.75) is 26.9 Å². The molecule has 0 fully saturated rings. The van der Waals surface area contributed by atoms with Crippen LogP contribution in [0.15, 0.2) is 53.3 Å². The number of amides is 1. The first-order valence-corrected chi connectivity index (χ1v) is 9.07. The highest BCUT2D eigenvalue weighted by atomic mass is 16.4. The lowest BCUT2D eigenvalue weighted by molar-refractivity contribution is 0.0947. The third-order valence-corrected chi connectivity index (χ3v) is 4.17. The van der Waals surface area contributed by atoms with E-state index in [1.165, 1.54) is 0 Å². The summed E-state index contributed by atoms with van der Waals surface area (Å²) in [4.78, 5) is 21.2. The lowest BCUT2D eigenvalue weighted by atomic mass is 10.2. The molecule has 4 aromatic rings. The Balaban J connectivity index is 1.43. The molecule has 3 aromatic heterocycles. The number of fused-ring (bicyclic) bond motifs is 1. The largest absolute Gasteiger partial charge is 0.419 e. The lowest BCUT2D eigenvalue weighted by Gasteiger charge is -2.06. The van der Waals surface area contributed by atoms with Crippen LogP contribution in [0.3, 0.4) is 0 Å². The summed E-state index contributed by atoms with van der Waals surface area (Å²) in [7, 11) is 0. The molecule has 8 nitrogen and oxygen atoms in total. The van der Waals surface area contributed by atoms with E-state index in [0.717, 1.165) is 17.8 Å². The average Bonchev–Trinajstić information content (AvgIpc) is 3.33. The number of rotatable bonds is 6.